The molecule has 74 valence electrons. The molecule has 1 aliphatic heterocycles. The fraction of sp³-hybridized carbons (Fsp3) is 0.700. The number of aldehydes is 1. The molecule has 13 heavy (non-hydrogen) atoms. The van der Waals surface area contributed by atoms with Gasteiger partial charge in [0.25, 0.3) is 0 Å². The van der Waals surface area contributed by atoms with Crippen LogP contribution in [0.2, 0.25) is 0 Å². The third kappa shape index (κ3) is 3.28. The van der Waals surface area contributed by atoms with Crippen molar-refractivity contribution in [2.75, 3.05) is 13.2 Å². The standard InChI is InChI=1S/C10H16O3/c1-9(8-11)4-3-5-10(2)12-6-7-13-10/h4,8H,3,5-7H2,1-2H3/b9-4-. The minimum Gasteiger partial charge on any atom is -0.348 e. The average Bonchev–Trinajstić information content (AvgIpc) is 2.52. The summed E-state index contributed by atoms with van der Waals surface area (Å²) < 4.78 is 10.8. The summed E-state index contributed by atoms with van der Waals surface area (Å²) in [6.45, 7) is 5.08. The topological polar surface area (TPSA) is 35.5 Å². The largest absolute Gasteiger partial charge is 0.348 e. The summed E-state index contributed by atoms with van der Waals surface area (Å²) in [4.78, 5) is 10.3. The second-order valence-corrected chi connectivity index (χ2v) is 3.44. The maximum absolute atomic E-state index is 10.3. The second kappa shape index (κ2) is 4.53. The summed E-state index contributed by atoms with van der Waals surface area (Å²) in [7, 11) is 0. The van der Waals surface area contributed by atoms with Gasteiger partial charge in [0.2, 0.25) is 0 Å². The van der Waals surface area contributed by atoms with Crippen LogP contribution in [-0.2, 0) is 14.3 Å². The van der Waals surface area contributed by atoms with Crippen LogP contribution >= 0.6 is 0 Å². The van der Waals surface area contributed by atoms with Gasteiger partial charge in [0.1, 0.15) is 6.29 Å². The number of rotatable bonds is 4. The maximum atomic E-state index is 10.3. The molecule has 0 aromatic rings. The SMILES string of the molecule is C/C(C=O)=C/CCC1(C)OCCO1. The monoisotopic (exact) mass is 184 g/mol. The Balaban J connectivity index is 2.29. The lowest BCUT2D eigenvalue weighted by Crippen LogP contribution is -2.24. The second-order valence-electron chi connectivity index (χ2n) is 3.44. The van der Waals surface area contributed by atoms with E-state index < -0.39 is 5.79 Å². The predicted octanol–water partition coefficient (Wildman–Crippen LogP) is 1.67. The number of hydrogen-bond acceptors (Lipinski definition) is 3. The summed E-state index contributed by atoms with van der Waals surface area (Å²) >= 11 is 0. The molecule has 1 fully saturated rings. The van der Waals surface area contributed by atoms with Gasteiger partial charge in [-0.1, -0.05) is 6.08 Å². The molecule has 1 saturated heterocycles. The Hall–Kier alpha value is -0.670. The average molecular weight is 184 g/mol. The van der Waals surface area contributed by atoms with Crippen LogP contribution in [0.3, 0.4) is 0 Å². The zero-order valence-electron chi connectivity index (χ0n) is 8.21. The van der Waals surface area contributed by atoms with Gasteiger partial charge in [-0.05, 0) is 25.8 Å². The van der Waals surface area contributed by atoms with Crippen molar-refractivity contribution in [2.24, 2.45) is 0 Å². The number of hydrogen-bond donors (Lipinski definition) is 0. The summed E-state index contributed by atoms with van der Waals surface area (Å²) in [6.07, 6.45) is 4.39. The lowest BCUT2D eigenvalue weighted by atomic mass is 10.1. The molecule has 0 bridgehead atoms. The van der Waals surface area contributed by atoms with Crippen LogP contribution in [0.25, 0.3) is 0 Å². The minimum atomic E-state index is -0.431. The summed E-state index contributed by atoms with van der Waals surface area (Å²) in [5, 5.41) is 0. The number of carbonyl (C=O) groups is 1. The van der Waals surface area contributed by atoms with Crippen molar-refractivity contribution in [3.63, 3.8) is 0 Å². The van der Waals surface area contributed by atoms with Gasteiger partial charge in [-0.25, -0.2) is 0 Å². The van der Waals surface area contributed by atoms with E-state index in [1.54, 1.807) is 6.92 Å². The zero-order chi connectivity index (χ0) is 9.73. The van der Waals surface area contributed by atoms with E-state index in [1.807, 2.05) is 13.0 Å². The summed E-state index contributed by atoms with van der Waals surface area (Å²) in [5.41, 5.74) is 0.765. The van der Waals surface area contributed by atoms with Gasteiger partial charge in [0.05, 0.1) is 13.2 Å². The molecule has 0 radical (unpaired) electrons. The molecule has 0 unspecified atom stereocenters. The van der Waals surface area contributed by atoms with Crippen molar-refractivity contribution in [1.29, 1.82) is 0 Å². The molecular formula is C10H16O3. The van der Waals surface area contributed by atoms with E-state index in [9.17, 15) is 4.79 Å². The quantitative estimate of drug-likeness (QED) is 0.492. The minimum absolute atomic E-state index is 0.431. The van der Waals surface area contributed by atoms with E-state index in [-0.39, 0.29) is 0 Å². The molecule has 1 rings (SSSR count). The molecule has 1 aliphatic rings. The van der Waals surface area contributed by atoms with Crippen LogP contribution < -0.4 is 0 Å². The number of allylic oxidation sites excluding steroid dienone is 2. The predicted molar refractivity (Wildman–Crippen MR) is 49.4 cm³/mol. The Kier molecular flexibility index (Phi) is 3.63. The van der Waals surface area contributed by atoms with Crippen LogP contribution in [0.1, 0.15) is 26.7 Å². The Labute approximate surface area is 78.7 Å². The van der Waals surface area contributed by atoms with Gasteiger partial charge in [0, 0.05) is 6.42 Å². The molecular weight excluding hydrogens is 168 g/mol. The lowest BCUT2D eigenvalue weighted by molar-refractivity contribution is -0.145. The molecule has 0 aliphatic carbocycles. The molecule has 0 amide bonds. The van der Waals surface area contributed by atoms with Crippen molar-refractivity contribution in [3.8, 4) is 0 Å². The molecule has 0 N–H and O–H groups in total. The van der Waals surface area contributed by atoms with Crippen molar-refractivity contribution >= 4 is 6.29 Å². The number of carbonyl (C=O) groups excluding carboxylic acids is 1. The Bertz CT molecular complexity index is 202. The Morgan fingerprint density at radius 3 is 2.62 bits per heavy atom. The molecule has 0 aromatic heterocycles. The highest BCUT2D eigenvalue weighted by Gasteiger charge is 2.29. The molecule has 0 spiro atoms. The molecule has 1 heterocycles. The van der Waals surface area contributed by atoms with E-state index >= 15 is 0 Å². The van der Waals surface area contributed by atoms with Crippen molar-refractivity contribution in [1.82, 2.24) is 0 Å². The van der Waals surface area contributed by atoms with Crippen molar-refractivity contribution in [3.05, 3.63) is 11.6 Å². The fourth-order valence-electron chi connectivity index (χ4n) is 1.31. The van der Waals surface area contributed by atoms with Crippen LogP contribution in [0, 0.1) is 0 Å². The maximum Gasteiger partial charge on any atom is 0.166 e. The highest BCUT2D eigenvalue weighted by molar-refractivity contribution is 5.71. The third-order valence-electron chi connectivity index (χ3n) is 2.15. The molecule has 3 heteroatoms. The van der Waals surface area contributed by atoms with Gasteiger partial charge in [-0.15, -0.1) is 0 Å². The Morgan fingerprint density at radius 2 is 2.08 bits per heavy atom. The summed E-state index contributed by atoms with van der Waals surface area (Å²) in [6, 6.07) is 0. The molecule has 0 atom stereocenters. The van der Waals surface area contributed by atoms with E-state index in [2.05, 4.69) is 0 Å². The van der Waals surface area contributed by atoms with Gasteiger partial charge in [-0.3, -0.25) is 4.79 Å². The molecule has 0 saturated carbocycles. The first-order valence-electron chi connectivity index (χ1n) is 4.56. The first kappa shape index (κ1) is 10.4. The van der Waals surface area contributed by atoms with Gasteiger partial charge in [-0.2, -0.15) is 0 Å². The highest BCUT2D eigenvalue weighted by Crippen LogP contribution is 2.24. The van der Waals surface area contributed by atoms with E-state index in [1.165, 1.54) is 0 Å². The Morgan fingerprint density at radius 1 is 1.46 bits per heavy atom. The first-order valence-corrected chi connectivity index (χ1v) is 4.56. The van der Waals surface area contributed by atoms with Gasteiger partial charge < -0.3 is 9.47 Å². The third-order valence-corrected chi connectivity index (χ3v) is 2.15. The number of ether oxygens (including phenoxy) is 2. The van der Waals surface area contributed by atoms with Crippen molar-refractivity contribution < 1.29 is 14.3 Å². The van der Waals surface area contributed by atoms with Crippen LogP contribution in [0.15, 0.2) is 11.6 Å². The zero-order valence-corrected chi connectivity index (χ0v) is 8.21. The van der Waals surface area contributed by atoms with E-state index in [4.69, 9.17) is 9.47 Å². The smallest absolute Gasteiger partial charge is 0.166 e. The van der Waals surface area contributed by atoms with Gasteiger partial charge in [0.15, 0.2) is 5.79 Å². The summed E-state index contributed by atoms with van der Waals surface area (Å²) in [5.74, 6) is -0.431. The normalized spacial score (nSPS) is 21.8. The van der Waals surface area contributed by atoms with Crippen LogP contribution in [0.5, 0.6) is 0 Å². The van der Waals surface area contributed by atoms with Crippen molar-refractivity contribution in [2.45, 2.75) is 32.5 Å². The first-order chi connectivity index (χ1) is 6.16. The molecule has 0 aromatic carbocycles. The van der Waals surface area contributed by atoms with E-state index in [0.717, 1.165) is 24.7 Å². The van der Waals surface area contributed by atoms with Gasteiger partial charge >= 0.3 is 0 Å². The fourth-order valence-corrected chi connectivity index (χ4v) is 1.31. The van der Waals surface area contributed by atoms with E-state index in [0.29, 0.717) is 13.2 Å². The molecule has 3 nitrogen and oxygen atoms in total. The lowest BCUT2D eigenvalue weighted by Gasteiger charge is -2.21. The van der Waals surface area contributed by atoms with Crippen LogP contribution in [0.4, 0.5) is 0 Å². The highest BCUT2D eigenvalue weighted by atomic mass is 16.7. The van der Waals surface area contributed by atoms with Crippen LogP contribution in [-0.4, -0.2) is 25.3 Å².